The SMILES string of the molecule is COc1cc(/C=N\N2C(=O)[C@@H]3[C@@H](C2=O)[C@@H]2C=C[C@@H]3C23CC3)cc(I)c1O. The van der Waals surface area contributed by atoms with E-state index in [-0.39, 0.29) is 46.7 Å². The number of imide groups is 1. The third kappa shape index (κ3) is 1.95. The number of amides is 2. The number of fused-ring (bicyclic) bond motifs is 3. The summed E-state index contributed by atoms with van der Waals surface area (Å²) in [7, 11) is 1.47. The number of carbonyl (C=O) groups excluding carboxylic acids is 2. The molecule has 0 aromatic heterocycles. The zero-order chi connectivity index (χ0) is 18.2. The minimum absolute atomic E-state index is 0.0606. The average Bonchev–Trinajstić information content (AvgIpc) is 3.23. The molecule has 4 aliphatic rings. The zero-order valence-corrected chi connectivity index (χ0v) is 16.2. The number of phenolic OH excluding ortho intramolecular Hbond substituents is 1. The molecule has 2 amide bonds. The molecule has 1 aromatic carbocycles. The Kier molecular flexibility index (Phi) is 3.33. The van der Waals surface area contributed by atoms with Gasteiger partial charge in [0.1, 0.15) is 0 Å². The summed E-state index contributed by atoms with van der Waals surface area (Å²) in [4.78, 5) is 25.7. The van der Waals surface area contributed by atoms with Crippen molar-refractivity contribution >= 4 is 40.6 Å². The van der Waals surface area contributed by atoms with Crippen LogP contribution in [0.4, 0.5) is 0 Å². The summed E-state index contributed by atoms with van der Waals surface area (Å²) < 4.78 is 5.74. The van der Waals surface area contributed by atoms with Crippen molar-refractivity contribution in [2.24, 2.45) is 34.2 Å². The maximum absolute atomic E-state index is 12.9. The lowest BCUT2D eigenvalue weighted by molar-refractivity contribution is -0.141. The van der Waals surface area contributed by atoms with Crippen LogP contribution in [0.1, 0.15) is 18.4 Å². The summed E-state index contributed by atoms with van der Waals surface area (Å²) in [6.07, 6.45) is 8.01. The maximum atomic E-state index is 12.9. The number of hydrogen-bond donors (Lipinski definition) is 1. The van der Waals surface area contributed by atoms with E-state index in [1.807, 2.05) is 22.6 Å². The molecule has 1 saturated heterocycles. The van der Waals surface area contributed by atoms with Gasteiger partial charge in [-0.2, -0.15) is 10.1 Å². The molecule has 26 heavy (non-hydrogen) atoms. The minimum atomic E-state index is -0.244. The molecule has 1 heterocycles. The fourth-order valence-corrected chi connectivity index (χ4v) is 5.75. The van der Waals surface area contributed by atoms with Crippen LogP contribution in [-0.2, 0) is 9.59 Å². The molecule has 134 valence electrons. The van der Waals surface area contributed by atoms with Gasteiger partial charge in [-0.25, -0.2) is 0 Å². The highest BCUT2D eigenvalue weighted by atomic mass is 127. The average molecular weight is 464 g/mol. The largest absolute Gasteiger partial charge is 0.504 e. The highest BCUT2D eigenvalue weighted by Crippen LogP contribution is 2.73. The molecule has 3 aliphatic carbocycles. The molecular formula is C19H17IN2O4. The lowest BCUT2D eigenvalue weighted by Gasteiger charge is -2.18. The van der Waals surface area contributed by atoms with Crippen LogP contribution in [0, 0.1) is 32.7 Å². The zero-order valence-electron chi connectivity index (χ0n) is 14.1. The van der Waals surface area contributed by atoms with Crippen molar-refractivity contribution in [1.29, 1.82) is 0 Å². The third-order valence-electron chi connectivity index (χ3n) is 6.42. The van der Waals surface area contributed by atoms with E-state index in [9.17, 15) is 14.7 Å². The normalized spacial score (nSPS) is 32.9. The Bertz CT molecular complexity index is 871. The second kappa shape index (κ2) is 5.31. The predicted octanol–water partition coefficient (Wildman–Crippen LogP) is 2.54. The predicted molar refractivity (Wildman–Crippen MR) is 102 cm³/mol. The van der Waals surface area contributed by atoms with Crippen LogP contribution >= 0.6 is 22.6 Å². The Morgan fingerprint density at radius 3 is 2.38 bits per heavy atom. The number of phenols is 1. The highest BCUT2D eigenvalue weighted by molar-refractivity contribution is 14.1. The molecule has 4 atom stereocenters. The van der Waals surface area contributed by atoms with Crippen LogP contribution in [0.15, 0.2) is 29.4 Å². The molecule has 0 unspecified atom stereocenters. The van der Waals surface area contributed by atoms with Gasteiger partial charge in [0.15, 0.2) is 11.5 Å². The van der Waals surface area contributed by atoms with Gasteiger partial charge in [-0.1, -0.05) is 12.2 Å². The summed E-state index contributed by atoms with van der Waals surface area (Å²) in [5.74, 6) is -0.0663. The van der Waals surface area contributed by atoms with Crippen molar-refractivity contribution in [2.45, 2.75) is 12.8 Å². The molecule has 2 saturated carbocycles. The molecule has 1 aliphatic heterocycles. The Labute approximate surface area is 164 Å². The van der Waals surface area contributed by atoms with E-state index in [0.717, 1.165) is 17.9 Å². The van der Waals surface area contributed by atoms with E-state index in [4.69, 9.17) is 4.74 Å². The van der Waals surface area contributed by atoms with Gasteiger partial charge >= 0.3 is 0 Å². The molecule has 6 nitrogen and oxygen atoms in total. The van der Waals surface area contributed by atoms with Gasteiger partial charge < -0.3 is 9.84 Å². The van der Waals surface area contributed by atoms with E-state index < -0.39 is 0 Å². The quantitative estimate of drug-likeness (QED) is 0.323. The van der Waals surface area contributed by atoms with Crippen LogP contribution < -0.4 is 4.74 Å². The van der Waals surface area contributed by atoms with Crippen molar-refractivity contribution in [3.05, 3.63) is 33.4 Å². The first kappa shape index (κ1) is 16.3. The summed E-state index contributed by atoms with van der Waals surface area (Å²) in [5, 5.41) is 15.1. The lowest BCUT2D eigenvalue weighted by atomic mass is 9.85. The number of allylic oxidation sites excluding steroid dienone is 2. The van der Waals surface area contributed by atoms with E-state index in [0.29, 0.717) is 14.9 Å². The minimum Gasteiger partial charge on any atom is -0.504 e. The smallest absolute Gasteiger partial charge is 0.254 e. The molecule has 1 N–H and O–H groups in total. The summed E-state index contributed by atoms with van der Waals surface area (Å²) >= 11 is 1.99. The van der Waals surface area contributed by atoms with E-state index in [2.05, 4.69) is 17.3 Å². The summed E-state index contributed by atoms with van der Waals surface area (Å²) in [5.41, 5.74) is 0.846. The van der Waals surface area contributed by atoms with Gasteiger partial charge in [-0.15, -0.1) is 0 Å². The number of hydrazone groups is 1. The first-order chi connectivity index (χ1) is 12.5. The maximum Gasteiger partial charge on any atom is 0.254 e. The van der Waals surface area contributed by atoms with E-state index in [1.54, 1.807) is 12.1 Å². The van der Waals surface area contributed by atoms with Gasteiger partial charge in [0.05, 0.1) is 28.7 Å². The molecular weight excluding hydrogens is 447 g/mol. The monoisotopic (exact) mass is 464 g/mol. The van der Waals surface area contributed by atoms with Crippen molar-refractivity contribution in [2.75, 3.05) is 7.11 Å². The Morgan fingerprint density at radius 1 is 1.23 bits per heavy atom. The van der Waals surface area contributed by atoms with Crippen LogP contribution in [0.3, 0.4) is 0 Å². The van der Waals surface area contributed by atoms with Crippen LogP contribution in [-0.4, -0.2) is 35.3 Å². The van der Waals surface area contributed by atoms with Crippen molar-refractivity contribution in [1.82, 2.24) is 5.01 Å². The Morgan fingerprint density at radius 2 is 1.85 bits per heavy atom. The second-order valence-corrected chi connectivity index (χ2v) is 8.67. The van der Waals surface area contributed by atoms with Gasteiger partial charge in [0.25, 0.3) is 11.8 Å². The number of hydrogen-bond acceptors (Lipinski definition) is 5. The van der Waals surface area contributed by atoms with Crippen molar-refractivity contribution in [3.63, 3.8) is 0 Å². The summed E-state index contributed by atoms with van der Waals surface area (Å²) in [6, 6.07) is 3.34. The first-order valence-corrected chi connectivity index (χ1v) is 9.72. The molecule has 0 radical (unpaired) electrons. The van der Waals surface area contributed by atoms with Gasteiger partial charge in [0.2, 0.25) is 0 Å². The number of carbonyl (C=O) groups is 2. The first-order valence-electron chi connectivity index (χ1n) is 8.64. The van der Waals surface area contributed by atoms with Crippen LogP contribution in [0.25, 0.3) is 0 Å². The molecule has 2 bridgehead atoms. The molecule has 7 heteroatoms. The van der Waals surface area contributed by atoms with Crippen LogP contribution in [0.5, 0.6) is 11.5 Å². The van der Waals surface area contributed by atoms with Gasteiger partial charge in [0, 0.05) is 0 Å². The molecule has 1 spiro atoms. The number of rotatable bonds is 3. The lowest BCUT2D eigenvalue weighted by Crippen LogP contribution is -2.30. The van der Waals surface area contributed by atoms with Crippen LogP contribution in [0.2, 0.25) is 0 Å². The van der Waals surface area contributed by atoms with Gasteiger partial charge in [-0.3, -0.25) is 9.59 Å². The number of methoxy groups -OCH3 is 1. The second-order valence-electron chi connectivity index (χ2n) is 7.51. The van der Waals surface area contributed by atoms with Gasteiger partial charge in [-0.05, 0) is 70.4 Å². The molecule has 5 rings (SSSR count). The number of aromatic hydroxyl groups is 1. The van der Waals surface area contributed by atoms with Crippen molar-refractivity contribution < 1.29 is 19.4 Å². The number of benzene rings is 1. The fraction of sp³-hybridized carbons (Fsp3) is 0.421. The topological polar surface area (TPSA) is 79.2 Å². The molecule has 1 aromatic rings. The third-order valence-corrected chi connectivity index (χ3v) is 7.24. The fourth-order valence-electron chi connectivity index (χ4n) is 5.12. The van der Waals surface area contributed by atoms with E-state index >= 15 is 0 Å². The molecule has 3 fully saturated rings. The Hall–Kier alpha value is -1.90. The number of nitrogens with zero attached hydrogens (tertiary/aromatic N) is 2. The summed E-state index contributed by atoms with van der Waals surface area (Å²) in [6.45, 7) is 0. The van der Waals surface area contributed by atoms with E-state index in [1.165, 1.54) is 13.3 Å². The standard InChI is InChI=1S/C19H17IN2O4/c1-26-13-7-9(6-12(20)16(13)23)8-21-22-17(24)14-10-2-3-11(15(14)18(22)25)19(10)4-5-19/h2-3,6-8,10-11,14-15,23H,4-5H2,1H3/b21-8-/t10-,11-,14-,15-/m0/s1. The van der Waals surface area contributed by atoms with Crippen molar-refractivity contribution in [3.8, 4) is 11.5 Å². The highest BCUT2D eigenvalue weighted by Gasteiger charge is 2.73. The Balaban J connectivity index is 1.43. The number of ether oxygens (including phenoxy) is 1. The number of halogens is 1.